The number of carboxylic acids is 1. The topological polar surface area (TPSA) is 87.7 Å². The van der Waals surface area contributed by atoms with Crippen LogP contribution in [0.15, 0.2) is 54.6 Å². The van der Waals surface area contributed by atoms with E-state index in [1.54, 1.807) is 19.1 Å². The van der Waals surface area contributed by atoms with E-state index >= 15 is 0 Å². The molecule has 1 amide bonds. The Balaban J connectivity index is 1.88. The number of anilines is 1. The molecule has 6 heteroatoms. The van der Waals surface area contributed by atoms with Crippen LogP contribution in [-0.4, -0.2) is 29.1 Å². The van der Waals surface area contributed by atoms with Gasteiger partial charge < -0.3 is 20.5 Å². The van der Waals surface area contributed by atoms with Gasteiger partial charge in [0.15, 0.2) is 6.61 Å². The smallest absolute Gasteiger partial charge is 0.336 e. The van der Waals surface area contributed by atoms with Crippen LogP contribution in [-0.2, 0) is 11.3 Å². The SMILES string of the molecule is Cc1c(NCc2c(OCC(=O)NC(C)(C)C)ccc3ccccc23)cccc1C(=O)O. The van der Waals surface area contributed by atoms with Gasteiger partial charge in [-0.2, -0.15) is 0 Å². The summed E-state index contributed by atoms with van der Waals surface area (Å²) in [5.41, 5.74) is 2.24. The van der Waals surface area contributed by atoms with Gasteiger partial charge in [-0.15, -0.1) is 0 Å². The van der Waals surface area contributed by atoms with Crippen molar-refractivity contribution >= 4 is 28.3 Å². The van der Waals surface area contributed by atoms with Gasteiger partial charge in [0.2, 0.25) is 0 Å². The van der Waals surface area contributed by atoms with Crippen LogP contribution in [0.4, 0.5) is 5.69 Å². The van der Waals surface area contributed by atoms with Gasteiger partial charge >= 0.3 is 5.97 Å². The fourth-order valence-electron chi connectivity index (χ4n) is 3.47. The van der Waals surface area contributed by atoms with Crippen LogP contribution >= 0.6 is 0 Å². The van der Waals surface area contributed by atoms with Crippen molar-refractivity contribution in [3.8, 4) is 5.75 Å². The third-order valence-corrected chi connectivity index (χ3v) is 4.89. The molecule has 0 aromatic heterocycles. The molecule has 0 heterocycles. The molecule has 0 atom stereocenters. The Bertz CT molecular complexity index is 1120. The number of amides is 1. The first kappa shape index (κ1) is 22.2. The standard InChI is InChI=1S/C25H28N2O4/c1-16-18(24(29)30)10-7-11-21(16)26-14-20-19-9-6-5-8-17(19)12-13-22(20)31-15-23(28)27-25(2,3)4/h5-13,26H,14-15H2,1-4H3,(H,27,28)(H,29,30). The molecule has 0 fully saturated rings. The number of aromatic carboxylic acids is 1. The van der Waals surface area contributed by atoms with Crippen LogP contribution in [0.2, 0.25) is 0 Å². The third kappa shape index (κ3) is 5.54. The summed E-state index contributed by atoms with van der Waals surface area (Å²) in [4.78, 5) is 23.7. The minimum atomic E-state index is -0.958. The fraction of sp³-hybridized carbons (Fsp3) is 0.280. The number of fused-ring (bicyclic) bond motifs is 1. The maximum atomic E-state index is 12.2. The molecule has 31 heavy (non-hydrogen) atoms. The first-order valence-corrected chi connectivity index (χ1v) is 10.2. The normalized spacial score (nSPS) is 11.2. The lowest BCUT2D eigenvalue weighted by atomic mass is 10.0. The maximum absolute atomic E-state index is 12.2. The molecule has 162 valence electrons. The molecule has 0 spiro atoms. The van der Waals surface area contributed by atoms with Crippen LogP contribution in [0, 0.1) is 6.92 Å². The van der Waals surface area contributed by atoms with E-state index in [-0.39, 0.29) is 23.6 Å². The van der Waals surface area contributed by atoms with Crippen LogP contribution in [0.1, 0.15) is 42.3 Å². The van der Waals surface area contributed by atoms with Crippen molar-refractivity contribution in [2.24, 2.45) is 0 Å². The number of carbonyl (C=O) groups is 2. The van der Waals surface area contributed by atoms with E-state index < -0.39 is 5.97 Å². The summed E-state index contributed by atoms with van der Waals surface area (Å²) in [5, 5.41) is 17.7. The van der Waals surface area contributed by atoms with Gasteiger partial charge in [0.1, 0.15) is 5.75 Å². The van der Waals surface area contributed by atoms with Crippen molar-refractivity contribution in [1.29, 1.82) is 0 Å². The second-order valence-corrected chi connectivity index (χ2v) is 8.49. The van der Waals surface area contributed by atoms with Crippen LogP contribution in [0.5, 0.6) is 5.75 Å². The van der Waals surface area contributed by atoms with E-state index in [0.29, 0.717) is 17.9 Å². The predicted molar refractivity (Wildman–Crippen MR) is 123 cm³/mol. The molecule has 3 rings (SSSR count). The highest BCUT2D eigenvalue weighted by Crippen LogP contribution is 2.30. The van der Waals surface area contributed by atoms with Crippen molar-refractivity contribution in [3.63, 3.8) is 0 Å². The second kappa shape index (κ2) is 9.08. The summed E-state index contributed by atoms with van der Waals surface area (Å²) in [5.74, 6) is -0.535. The van der Waals surface area contributed by atoms with E-state index in [4.69, 9.17) is 4.74 Å². The molecule has 0 aliphatic rings. The number of carboxylic acid groups (broad SMARTS) is 1. The molecule has 3 aromatic rings. The van der Waals surface area contributed by atoms with Crippen molar-refractivity contribution in [2.45, 2.75) is 39.8 Å². The fourth-order valence-corrected chi connectivity index (χ4v) is 3.47. The average molecular weight is 421 g/mol. The number of benzene rings is 3. The minimum absolute atomic E-state index is 0.0872. The lowest BCUT2D eigenvalue weighted by Crippen LogP contribution is -2.43. The summed E-state index contributed by atoms with van der Waals surface area (Å²) in [6.45, 7) is 7.87. The Kier molecular flexibility index (Phi) is 6.49. The molecule has 0 aliphatic heterocycles. The van der Waals surface area contributed by atoms with Gasteiger partial charge in [-0.05, 0) is 62.2 Å². The zero-order chi connectivity index (χ0) is 22.6. The highest BCUT2D eigenvalue weighted by Gasteiger charge is 2.16. The Morgan fingerprint density at radius 1 is 1.00 bits per heavy atom. The third-order valence-electron chi connectivity index (χ3n) is 4.89. The molecule has 0 radical (unpaired) electrons. The minimum Gasteiger partial charge on any atom is -0.483 e. The molecule has 0 bridgehead atoms. The van der Waals surface area contributed by atoms with Gasteiger partial charge in [0.25, 0.3) is 5.91 Å². The number of hydrogen-bond acceptors (Lipinski definition) is 4. The maximum Gasteiger partial charge on any atom is 0.336 e. The monoisotopic (exact) mass is 420 g/mol. The van der Waals surface area contributed by atoms with Crippen molar-refractivity contribution in [2.75, 3.05) is 11.9 Å². The number of rotatable bonds is 7. The molecule has 3 aromatic carbocycles. The summed E-state index contributed by atoms with van der Waals surface area (Å²) in [6, 6.07) is 16.9. The van der Waals surface area contributed by atoms with Gasteiger partial charge in [0, 0.05) is 23.3 Å². The molecule has 0 saturated heterocycles. The van der Waals surface area contributed by atoms with Crippen molar-refractivity contribution < 1.29 is 19.4 Å². The molecule has 6 nitrogen and oxygen atoms in total. The molecule has 0 aliphatic carbocycles. The number of nitrogens with one attached hydrogen (secondary N) is 2. The molecule has 0 saturated carbocycles. The van der Waals surface area contributed by atoms with Crippen LogP contribution in [0.25, 0.3) is 10.8 Å². The molecule has 0 unspecified atom stereocenters. The lowest BCUT2D eigenvalue weighted by Gasteiger charge is -2.21. The molecule has 3 N–H and O–H groups in total. The first-order chi connectivity index (χ1) is 14.7. The number of ether oxygens (including phenoxy) is 1. The van der Waals surface area contributed by atoms with Gasteiger partial charge in [0.05, 0.1) is 5.56 Å². The summed E-state index contributed by atoms with van der Waals surface area (Å²) in [7, 11) is 0. The number of hydrogen-bond donors (Lipinski definition) is 3. The molecular weight excluding hydrogens is 392 g/mol. The summed E-state index contributed by atoms with van der Waals surface area (Å²) < 4.78 is 5.89. The van der Waals surface area contributed by atoms with Crippen molar-refractivity contribution in [1.82, 2.24) is 5.32 Å². The largest absolute Gasteiger partial charge is 0.483 e. The number of carbonyl (C=O) groups excluding carboxylic acids is 1. The van der Waals surface area contributed by atoms with E-state index in [0.717, 1.165) is 22.0 Å². The Hall–Kier alpha value is -3.54. The van der Waals surface area contributed by atoms with E-state index in [1.807, 2.05) is 63.2 Å². The predicted octanol–water partition coefficient (Wildman–Crippen LogP) is 4.75. The Morgan fingerprint density at radius 3 is 2.45 bits per heavy atom. The quantitative estimate of drug-likeness (QED) is 0.513. The average Bonchev–Trinajstić information content (AvgIpc) is 2.70. The highest BCUT2D eigenvalue weighted by molar-refractivity contribution is 5.91. The highest BCUT2D eigenvalue weighted by atomic mass is 16.5. The Morgan fingerprint density at radius 2 is 1.74 bits per heavy atom. The second-order valence-electron chi connectivity index (χ2n) is 8.49. The first-order valence-electron chi connectivity index (χ1n) is 10.2. The van der Waals surface area contributed by atoms with Crippen LogP contribution < -0.4 is 15.4 Å². The summed E-state index contributed by atoms with van der Waals surface area (Å²) >= 11 is 0. The van der Waals surface area contributed by atoms with E-state index in [9.17, 15) is 14.7 Å². The zero-order valence-electron chi connectivity index (χ0n) is 18.3. The van der Waals surface area contributed by atoms with Gasteiger partial charge in [-0.1, -0.05) is 36.4 Å². The zero-order valence-corrected chi connectivity index (χ0v) is 18.3. The molecular formula is C25H28N2O4. The van der Waals surface area contributed by atoms with Gasteiger partial charge in [-0.3, -0.25) is 4.79 Å². The van der Waals surface area contributed by atoms with Crippen molar-refractivity contribution in [3.05, 3.63) is 71.3 Å². The van der Waals surface area contributed by atoms with Gasteiger partial charge in [-0.25, -0.2) is 4.79 Å². The van der Waals surface area contributed by atoms with Crippen LogP contribution in [0.3, 0.4) is 0 Å². The Labute approximate surface area is 182 Å². The lowest BCUT2D eigenvalue weighted by molar-refractivity contribution is -0.124. The summed E-state index contributed by atoms with van der Waals surface area (Å²) in [6.07, 6.45) is 0. The van der Waals surface area contributed by atoms with E-state index in [1.165, 1.54) is 0 Å². The van der Waals surface area contributed by atoms with E-state index in [2.05, 4.69) is 10.6 Å².